The second-order valence-corrected chi connectivity index (χ2v) is 7.33. The molecule has 1 atom stereocenters. The van der Waals surface area contributed by atoms with Gasteiger partial charge in [-0.05, 0) is 44.3 Å². The molecule has 0 saturated heterocycles. The molecule has 0 aliphatic carbocycles. The third-order valence-electron chi connectivity index (χ3n) is 3.65. The number of nitrogens with one attached hydrogen (secondary N) is 2. The number of amides is 1. The van der Waals surface area contributed by atoms with Crippen molar-refractivity contribution in [2.24, 2.45) is 0 Å². The lowest BCUT2D eigenvalue weighted by atomic mass is 10.2. The van der Waals surface area contributed by atoms with E-state index in [-0.39, 0.29) is 16.2 Å². The molecule has 1 amide bonds. The monoisotopic (exact) mass is 392 g/mol. The van der Waals surface area contributed by atoms with Gasteiger partial charge in [0.15, 0.2) is 6.10 Å². The van der Waals surface area contributed by atoms with Gasteiger partial charge in [0.1, 0.15) is 10.6 Å². The molecule has 2 rings (SSSR count). The van der Waals surface area contributed by atoms with E-state index in [2.05, 4.69) is 10.0 Å². The van der Waals surface area contributed by atoms with Crippen molar-refractivity contribution < 1.29 is 27.5 Å². The first-order valence-electron chi connectivity index (χ1n) is 7.97. The van der Waals surface area contributed by atoms with Crippen molar-refractivity contribution >= 4 is 27.6 Å². The van der Waals surface area contributed by atoms with E-state index in [9.17, 15) is 18.0 Å². The molecule has 0 aliphatic heterocycles. The molecule has 0 bridgehead atoms. The highest BCUT2D eigenvalue weighted by Crippen LogP contribution is 2.25. The molecule has 0 unspecified atom stereocenters. The van der Waals surface area contributed by atoms with Gasteiger partial charge in [-0.15, -0.1) is 0 Å². The Morgan fingerprint density at radius 3 is 2.33 bits per heavy atom. The van der Waals surface area contributed by atoms with Crippen LogP contribution in [0.4, 0.5) is 5.69 Å². The summed E-state index contributed by atoms with van der Waals surface area (Å²) in [5.41, 5.74) is 0.543. The predicted octanol–water partition coefficient (Wildman–Crippen LogP) is 1.79. The zero-order chi connectivity index (χ0) is 20.0. The van der Waals surface area contributed by atoms with E-state index < -0.39 is 28.0 Å². The van der Waals surface area contributed by atoms with Crippen molar-refractivity contribution in [1.82, 2.24) is 4.72 Å². The van der Waals surface area contributed by atoms with Gasteiger partial charge in [-0.2, -0.15) is 0 Å². The van der Waals surface area contributed by atoms with Crippen molar-refractivity contribution in [3.8, 4) is 5.75 Å². The van der Waals surface area contributed by atoms with E-state index in [0.717, 1.165) is 6.07 Å². The fourth-order valence-electron chi connectivity index (χ4n) is 2.17. The molecule has 27 heavy (non-hydrogen) atoms. The Morgan fingerprint density at radius 2 is 1.74 bits per heavy atom. The van der Waals surface area contributed by atoms with Gasteiger partial charge in [-0.25, -0.2) is 17.9 Å². The lowest BCUT2D eigenvalue weighted by molar-refractivity contribution is -0.123. The van der Waals surface area contributed by atoms with Crippen LogP contribution < -0.4 is 14.8 Å². The fraction of sp³-hybridized carbons (Fsp3) is 0.222. The quantitative estimate of drug-likeness (QED) is 0.695. The van der Waals surface area contributed by atoms with Crippen LogP contribution in [0.15, 0.2) is 53.4 Å². The van der Waals surface area contributed by atoms with Gasteiger partial charge in [0.05, 0.1) is 12.7 Å². The fourth-order valence-corrected chi connectivity index (χ4v) is 3.09. The second kappa shape index (κ2) is 8.65. The van der Waals surface area contributed by atoms with Gasteiger partial charge in [0.25, 0.3) is 5.91 Å². The molecular weight excluding hydrogens is 372 g/mol. The summed E-state index contributed by atoms with van der Waals surface area (Å²) < 4.78 is 36.5. The van der Waals surface area contributed by atoms with Crippen LogP contribution in [0, 0.1) is 0 Å². The van der Waals surface area contributed by atoms with Gasteiger partial charge in [0, 0.05) is 5.69 Å². The predicted molar refractivity (Wildman–Crippen MR) is 99.2 cm³/mol. The average molecular weight is 392 g/mol. The molecule has 0 spiro atoms. The van der Waals surface area contributed by atoms with Crippen molar-refractivity contribution in [3.05, 3.63) is 54.1 Å². The highest BCUT2D eigenvalue weighted by molar-refractivity contribution is 7.89. The normalized spacial score (nSPS) is 12.1. The molecule has 2 N–H and O–H groups in total. The number of hydrogen-bond donors (Lipinski definition) is 2. The summed E-state index contributed by atoms with van der Waals surface area (Å²) in [7, 11) is -1.28. The van der Waals surface area contributed by atoms with Crippen LogP contribution in [0.25, 0.3) is 0 Å². The third kappa shape index (κ3) is 5.05. The number of carbonyl (C=O) groups is 2. The van der Waals surface area contributed by atoms with Crippen LogP contribution in [-0.2, 0) is 19.6 Å². The summed E-state index contributed by atoms with van der Waals surface area (Å²) >= 11 is 0. The Kier molecular flexibility index (Phi) is 6.54. The van der Waals surface area contributed by atoms with Crippen LogP contribution in [-0.4, -0.2) is 40.6 Å². The standard InChI is InChI=1S/C18H20N2O6S/c1-12(17(21)20-14-7-5-4-6-8-14)26-18(22)13-9-10-15(25-3)16(11-13)27(23,24)19-2/h4-12,19H,1-3H3,(H,20,21)/t12-/m0/s1. The van der Waals surface area contributed by atoms with E-state index in [1.165, 1.54) is 33.2 Å². The number of anilines is 1. The Balaban J connectivity index is 2.15. The number of rotatable bonds is 7. The van der Waals surface area contributed by atoms with E-state index in [1.54, 1.807) is 30.3 Å². The van der Waals surface area contributed by atoms with Gasteiger partial charge in [-0.3, -0.25) is 4.79 Å². The van der Waals surface area contributed by atoms with E-state index in [0.29, 0.717) is 5.69 Å². The van der Waals surface area contributed by atoms with Gasteiger partial charge in [-0.1, -0.05) is 18.2 Å². The molecule has 144 valence electrons. The van der Waals surface area contributed by atoms with Crippen molar-refractivity contribution in [3.63, 3.8) is 0 Å². The zero-order valence-electron chi connectivity index (χ0n) is 15.1. The largest absolute Gasteiger partial charge is 0.495 e. The third-order valence-corrected chi connectivity index (χ3v) is 5.09. The molecule has 2 aromatic rings. The van der Waals surface area contributed by atoms with E-state index in [1.807, 2.05) is 0 Å². The number of esters is 1. The summed E-state index contributed by atoms with van der Waals surface area (Å²) in [5, 5.41) is 2.62. The summed E-state index contributed by atoms with van der Waals surface area (Å²) in [4.78, 5) is 24.3. The molecule has 0 heterocycles. The summed E-state index contributed by atoms with van der Waals surface area (Å²) in [6.45, 7) is 1.42. The first-order chi connectivity index (χ1) is 12.8. The van der Waals surface area contributed by atoms with Gasteiger partial charge in [0.2, 0.25) is 10.0 Å². The number of hydrogen-bond acceptors (Lipinski definition) is 6. The highest BCUT2D eigenvalue weighted by atomic mass is 32.2. The summed E-state index contributed by atoms with van der Waals surface area (Å²) in [6.07, 6.45) is -1.08. The molecule has 0 aliphatic rings. The Hall–Kier alpha value is -2.91. The molecule has 0 saturated carbocycles. The molecule has 2 aromatic carbocycles. The first-order valence-corrected chi connectivity index (χ1v) is 9.45. The molecule has 0 aromatic heterocycles. The number of carbonyl (C=O) groups excluding carboxylic acids is 2. The number of methoxy groups -OCH3 is 1. The number of ether oxygens (including phenoxy) is 2. The minimum Gasteiger partial charge on any atom is -0.495 e. The lowest BCUT2D eigenvalue weighted by Crippen LogP contribution is -2.30. The maximum absolute atomic E-state index is 12.3. The Morgan fingerprint density at radius 1 is 1.07 bits per heavy atom. The summed E-state index contributed by atoms with van der Waals surface area (Å²) in [6, 6.07) is 12.6. The molecular formula is C18H20N2O6S. The minimum atomic E-state index is -3.84. The minimum absolute atomic E-state index is 0.0241. The topological polar surface area (TPSA) is 111 Å². The smallest absolute Gasteiger partial charge is 0.338 e. The van der Waals surface area contributed by atoms with Crippen LogP contribution >= 0.6 is 0 Å². The maximum Gasteiger partial charge on any atom is 0.338 e. The van der Waals surface area contributed by atoms with Crippen LogP contribution in [0.2, 0.25) is 0 Å². The zero-order valence-corrected chi connectivity index (χ0v) is 15.9. The highest BCUT2D eigenvalue weighted by Gasteiger charge is 2.23. The SMILES string of the molecule is CNS(=O)(=O)c1cc(C(=O)O[C@@H](C)C(=O)Nc2ccccc2)ccc1OC. The van der Waals surface area contributed by atoms with E-state index in [4.69, 9.17) is 9.47 Å². The Labute approximate surface area is 157 Å². The molecule has 9 heteroatoms. The van der Waals surface area contributed by atoms with Crippen molar-refractivity contribution in [2.45, 2.75) is 17.9 Å². The number of benzene rings is 2. The molecule has 0 radical (unpaired) electrons. The van der Waals surface area contributed by atoms with Crippen LogP contribution in [0.1, 0.15) is 17.3 Å². The van der Waals surface area contributed by atoms with E-state index >= 15 is 0 Å². The number of sulfonamides is 1. The maximum atomic E-state index is 12.3. The second-order valence-electron chi connectivity index (χ2n) is 5.48. The molecule has 8 nitrogen and oxygen atoms in total. The van der Waals surface area contributed by atoms with Crippen LogP contribution in [0.3, 0.4) is 0 Å². The lowest BCUT2D eigenvalue weighted by Gasteiger charge is -2.15. The van der Waals surface area contributed by atoms with Crippen LogP contribution in [0.5, 0.6) is 5.75 Å². The Bertz CT molecular complexity index is 928. The van der Waals surface area contributed by atoms with Crippen molar-refractivity contribution in [1.29, 1.82) is 0 Å². The molecule has 0 fully saturated rings. The first kappa shape index (κ1) is 20.4. The number of para-hydroxylation sites is 1. The van der Waals surface area contributed by atoms with Gasteiger partial charge < -0.3 is 14.8 Å². The van der Waals surface area contributed by atoms with Gasteiger partial charge >= 0.3 is 5.97 Å². The summed E-state index contributed by atoms with van der Waals surface area (Å²) in [5.74, 6) is -1.26. The van der Waals surface area contributed by atoms with Crippen molar-refractivity contribution in [2.75, 3.05) is 19.5 Å². The average Bonchev–Trinajstić information content (AvgIpc) is 2.68.